The summed E-state index contributed by atoms with van der Waals surface area (Å²) >= 11 is 0. The molecule has 0 unspecified atom stereocenters. The van der Waals surface area contributed by atoms with E-state index in [-0.39, 0.29) is 30.1 Å². The maximum Gasteiger partial charge on any atom is 0.280 e. The van der Waals surface area contributed by atoms with Crippen molar-refractivity contribution in [1.29, 1.82) is 0 Å². The van der Waals surface area contributed by atoms with E-state index >= 15 is 0 Å². The second kappa shape index (κ2) is 4.84. The van der Waals surface area contributed by atoms with Crippen molar-refractivity contribution in [2.24, 2.45) is 0 Å². The molecule has 1 aliphatic rings. The van der Waals surface area contributed by atoms with Crippen LogP contribution >= 0.6 is 0 Å². The van der Waals surface area contributed by atoms with E-state index in [1.165, 1.54) is 18.0 Å². The van der Waals surface area contributed by atoms with Crippen LogP contribution in [-0.2, 0) is 9.47 Å². The molecular weight excluding hydrogens is 269 g/mol. The van der Waals surface area contributed by atoms with Crippen LogP contribution in [0.2, 0.25) is 0 Å². The highest BCUT2D eigenvalue weighted by molar-refractivity contribution is 5.70. The molecule has 1 fully saturated rings. The Hall–Kier alpha value is -2.00. The van der Waals surface area contributed by atoms with Gasteiger partial charge in [0.15, 0.2) is 11.2 Å². The minimum atomic E-state index is -1.14. The van der Waals surface area contributed by atoms with E-state index in [4.69, 9.17) is 15.2 Å². The van der Waals surface area contributed by atoms with Crippen molar-refractivity contribution in [3.8, 4) is 0 Å². The van der Waals surface area contributed by atoms with Gasteiger partial charge in [-0.2, -0.15) is 4.98 Å². The number of hydrogen-bond acceptors (Lipinski definition) is 6. The van der Waals surface area contributed by atoms with Crippen LogP contribution in [0.4, 0.5) is 10.3 Å². The molecule has 0 amide bonds. The molecular formula is C11H14FN5O3. The van der Waals surface area contributed by atoms with Gasteiger partial charge >= 0.3 is 0 Å². The number of alkyl halides is 1. The van der Waals surface area contributed by atoms with E-state index in [0.29, 0.717) is 0 Å². The fraction of sp³-hybridized carbons (Fsp3) is 0.545. The summed E-state index contributed by atoms with van der Waals surface area (Å²) in [7, 11) is 1.48. The molecule has 3 N–H and O–H groups in total. The number of aromatic amines is 1. The number of rotatable bonds is 3. The first kappa shape index (κ1) is 13.0. The van der Waals surface area contributed by atoms with E-state index in [0.717, 1.165) is 0 Å². The Kier molecular flexibility index (Phi) is 3.14. The van der Waals surface area contributed by atoms with Gasteiger partial charge in [0.05, 0.1) is 12.9 Å². The van der Waals surface area contributed by atoms with Crippen LogP contribution < -0.4 is 11.3 Å². The molecule has 1 aliphatic heterocycles. The Morgan fingerprint density at radius 2 is 2.50 bits per heavy atom. The largest absolute Gasteiger partial charge is 0.382 e. The number of imidazole rings is 1. The van der Waals surface area contributed by atoms with Crippen LogP contribution in [0.15, 0.2) is 11.1 Å². The van der Waals surface area contributed by atoms with E-state index in [2.05, 4.69) is 15.0 Å². The normalized spacial score (nSPS) is 26.4. The Morgan fingerprint density at radius 3 is 3.25 bits per heavy atom. The van der Waals surface area contributed by atoms with Crippen molar-refractivity contribution >= 4 is 17.1 Å². The number of methoxy groups -OCH3 is 1. The average molecular weight is 283 g/mol. The molecule has 2 aromatic heterocycles. The Morgan fingerprint density at radius 1 is 1.70 bits per heavy atom. The number of nitrogens with zero attached hydrogens (tertiary/aromatic N) is 3. The molecule has 0 bridgehead atoms. The molecule has 3 rings (SSSR count). The number of anilines is 1. The Labute approximate surface area is 112 Å². The summed E-state index contributed by atoms with van der Waals surface area (Å²) in [5.41, 5.74) is 5.50. The first-order valence-corrected chi connectivity index (χ1v) is 6.11. The molecule has 1 saturated heterocycles. The molecule has 0 aromatic carbocycles. The predicted molar refractivity (Wildman–Crippen MR) is 67.9 cm³/mol. The summed E-state index contributed by atoms with van der Waals surface area (Å²) in [5, 5.41) is 0. The highest BCUT2D eigenvalue weighted by Gasteiger charge is 2.37. The van der Waals surface area contributed by atoms with Crippen LogP contribution in [0, 0.1) is 0 Å². The van der Waals surface area contributed by atoms with E-state index in [9.17, 15) is 9.18 Å². The summed E-state index contributed by atoms with van der Waals surface area (Å²) in [6, 6.07) is 0. The zero-order chi connectivity index (χ0) is 14.3. The van der Waals surface area contributed by atoms with Gasteiger partial charge in [-0.3, -0.25) is 14.3 Å². The zero-order valence-electron chi connectivity index (χ0n) is 10.7. The molecule has 108 valence electrons. The summed E-state index contributed by atoms with van der Waals surface area (Å²) in [6.45, 7) is 0.167. The minimum absolute atomic E-state index is 0.0208. The van der Waals surface area contributed by atoms with E-state index in [1.807, 2.05) is 0 Å². The van der Waals surface area contributed by atoms with Gasteiger partial charge in [-0.1, -0.05) is 0 Å². The lowest BCUT2D eigenvalue weighted by molar-refractivity contribution is -0.0417. The smallest absolute Gasteiger partial charge is 0.280 e. The third-order valence-corrected chi connectivity index (χ3v) is 3.25. The number of aromatic nitrogens is 4. The van der Waals surface area contributed by atoms with Crippen LogP contribution in [0.3, 0.4) is 0 Å². The highest BCUT2D eigenvalue weighted by atomic mass is 19.1. The third kappa shape index (κ3) is 2.04. The number of nitrogens with two attached hydrogens (primary N) is 1. The average Bonchev–Trinajstić information content (AvgIpc) is 2.94. The van der Waals surface area contributed by atoms with Crippen LogP contribution in [0.1, 0.15) is 12.6 Å². The molecule has 0 spiro atoms. The Bertz CT molecular complexity index is 684. The van der Waals surface area contributed by atoms with Gasteiger partial charge in [-0.05, 0) is 0 Å². The first-order chi connectivity index (χ1) is 9.60. The standard InChI is InChI=1S/C11H14FN5O3/c1-19-3-6-5(12)2-7(20-6)17-4-14-8-9(17)15-11(13)16-10(8)18/h4-7H,2-3H2,1H3,(H3,13,15,16,18)/t5-,6-,7-/m1/s1. The quantitative estimate of drug-likeness (QED) is 0.819. The van der Waals surface area contributed by atoms with Gasteiger partial charge in [0, 0.05) is 13.5 Å². The molecule has 3 heterocycles. The molecule has 0 aliphatic carbocycles. The number of H-pyrrole nitrogens is 1. The van der Waals surface area contributed by atoms with Crippen molar-refractivity contribution in [3.63, 3.8) is 0 Å². The van der Waals surface area contributed by atoms with Gasteiger partial charge in [0.2, 0.25) is 5.95 Å². The fourth-order valence-corrected chi connectivity index (χ4v) is 2.33. The van der Waals surface area contributed by atoms with E-state index in [1.54, 1.807) is 0 Å². The number of fused-ring (bicyclic) bond motifs is 1. The van der Waals surface area contributed by atoms with E-state index < -0.39 is 24.1 Å². The van der Waals surface area contributed by atoms with Crippen molar-refractivity contribution < 1.29 is 13.9 Å². The predicted octanol–water partition coefficient (Wildman–Crippen LogP) is -0.0262. The molecule has 2 aromatic rings. The lowest BCUT2D eigenvalue weighted by Crippen LogP contribution is -2.22. The number of ether oxygens (including phenoxy) is 2. The summed E-state index contributed by atoms with van der Waals surface area (Å²) < 4.78 is 25.8. The molecule has 0 radical (unpaired) electrons. The third-order valence-electron chi connectivity index (χ3n) is 3.25. The van der Waals surface area contributed by atoms with Gasteiger partial charge in [-0.15, -0.1) is 0 Å². The van der Waals surface area contributed by atoms with Crippen LogP contribution in [0.5, 0.6) is 0 Å². The van der Waals surface area contributed by atoms with Crippen molar-refractivity contribution in [1.82, 2.24) is 19.5 Å². The number of nitrogen functional groups attached to an aromatic ring is 1. The lowest BCUT2D eigenvalue weighted by Gasteiger charge is -2.14. The first-order valence-electron chi connectivity index (χ1n) is 6.11. The zero-order valence-corrected chi connectivity index (χ0v) is 10.7. The lowest BCUT2D eigenvalue weighted by atomic mass is 10.2. The fourth-order valence-electron chi connectivity index (χ4n) is 2.33. The van der Waals surface area contributed by atoms with Gasteiger partial charge in [0.25, 0.3) is 5.56 Å². The maximum absolute atomic E-state index is 13.8. The summed E-state index contributed by atoms with van der Waals surface area (Å²) in [5.74, 6) is -0.0208. The van der Waals surface area contributed by atoms with Crippen molar-refractivity contribution in [2.45, 2.75) is 24.9 Å². The number of hydrogen-bond donors (Lipinski definition) is 2. The minimum Gasteiger partial charge on any atom is -0.382 e. The van der Waals surface area contributed by atoms with Crippen LogP contribution in [0.25, 0.3) is 11.2 Å². The molecule has 0 saturated carbocycles. The number of halogens is 1. The molecule has 3 atom stereocenters. The van der Waals surface area contributed by atoms with Crippen molar-refractivity contribution in [2.75, 3.05) is 19.5 Å². The van der Waals surface area contributed by atoms with Crippen LogP contribution in [-0.4, -0.2) is 45.5 Å². The van der Waals surface area contributed by atoms with Gasteiger partial charge < -0.3 is 15.2 Å². The van der Waals surface area contributed by atoms with Gasteiger partial charge in [0.1, 0.15) is 18.5 Å². The molecule has 8 nitrogen and oxygen atoms in total. The summed E-state index contributed by atoms with van der Waals surface area (Å²) in [6.07, 6.45) is -0.811. The highest BCUT2D eigenvalue weighted by Crippen LogP contribution is 2.32. The molecule has 20 heavy (non-hydrogen) atoms. The summed E-state index contributed by atoms with van der Waals surface area (Å²) in [4.78, 5) is 22.0. The van der Waals surface area contributed by atoms with Gasteiger partial charge in [-0.25, -0.2) is 9.37 Å². The molecule has 9 heteroatoms. The Balaban J connectivity index is 1.98. The second-order valence-corrected chi connectivity index (χ2v) is 4.61. The monoisotopic (exact) mass is 283 g/mol. The topological polar surface area (TPSA) is 108 Å². The SMILES string of the molecule is COC[C@H]1O[C@@H](n2cnc3c(=O)[nH]c(N)nc32)C[C@H]1F. The second-order valence-electron chi connectivity index (χ2n) is 4.61. The van der Waals surface area contributed by atoms with Crippen molar-refractivity contribution in [3.05, 3.63) is 16.7 Å². The number of nitrogens with one attached hydrogen (secondary N) is 1. The maximum atomic E-state index is 13.8.